The van der Waals surface area contributed by atoms with Crippen molar-refractivity contribution in [2.45, 2.75) is 37.5 Å². The second-order valence-electron chi connectivity index (χ2n) is 7.53. The molecule has 1 aliphatic carbocycles. The van der Waals surface area contributed by atoms with Gasteiger partial charge in [-0.2, -0.15) is 0 Å². The van der Waals surface area contributed by atoms with Crippen LogP contribution < -0.4 is 15.2 Å². The van der Waals surface area contributed by atoms with Crippen molar-refractivity contribution in [2.75, 3.05) is 14.2 Å². The molecule has 6 heteroatoms. The number of amides is 1. The van der Waals surface area contributed by atoms with Crippen molar-refractivity contribution in [1.29, 1.82) is 0 Å². The zero-order valence-corrected chi connectivity index (χ0v) is 17.9. The van der Waals surface area contributed by atoms with Gasteiger partial charge in [0.1, 0.15) is 0 Å². The Balaban J connectivity index is 1.59. The van der Waals surface area contributed by atoms with Gasteiger partial charge in [-0.05, 0) is 59.8 Å². The summed E-state index contributed by atoms with van der Waals surface area (Å²) in [5, 5.41) is 1.04. The van der Waals surface area contributed by atoms with Crippen LogP contribution in [0.4, 0.5) is 0 Å². The quantitative estimate of drug-likeness (QED) is 0.757. The average Bonchev–Trinajstić information content (AvgIpc) is 2.97. The van der Waals surface area contributed by atoms with E-state index in [2.05, 4.69) is 18.2 Å². The van der Waals surface area contributed by atoms with Gasteiger partial charge in [-0.15, -0.1) is 0 Å². The topological polar surface area (TPSA) is 64.8 Å². The Hall–Kier alpha value is -2.36. The van der Waals surface area contributed by atoms with E-state index < -0.39 is 0 Å². The molecule has 3 atom stereocenters. The third kappa shape index (κ3) is 4.17. The van der Waals surface area contributed by atoms with Crippen LogP contribution in [0.25, 0.3) is 5.31 Å². The highest BCUT2D eigenvalue weighted by Crippen LogP contribution is 2.46. The van der Waals surface area contributed by atoms with Crippen LogP contribution in [0.1, 0.15) is 31.2 Å². The molecule has 0 bridgehead atoms. The molecule has 1 aromatic rings. The Morgan fingerprint density at radius 3 is 2.83 bits per heavy atom. The summed E-state index contributed by atoms with van der Waals surface area (Å²) in [4.78, 5) is 14.8. The van der Waals surface area contributed by atoms with Crippen molar-refractivity contribution in [3.63, 3.8) is 0 Å². The van der Waals surface area contributed by atoms with Gasteiger partial charge >= 0.3 is 0 Å². The van der Waals surface area contributed by atoms with E-state index in [0.717, 1.165) is 42.1 Å². The minimum absolute atomic E-state index is 0.0129. The molecule has 4 rings (SSSR count). The normalized spacial score (nSPS) is 25.0. The molecule has 152 valence electrons. The smallest absolute Gasteiger partial charge is 0.252 e. The zero-order chi connectivity index (χ0) is 20.4. The van der Waals surface area contributed by atoms with Crippen LogP contribution in [0, 0.1) is 0 Å². The summed E-state index contributed by atoms with van der Waals surface area (Å²) in [6.45, 7) is 0. The third-order valence-electron chi connectivity index (χ3n) is 5.58. The van der Waals surface area contributed by atoms with E-state index >= 15 is 0 Å². The molecule has 2 N–H and O–H groups in total. The van der Waals surface area contributed by atoms with Gasteiger partial charge in [0.05, 0.1) is 20.0 Å². The summed E-state index contributed by atoms with van der Waals surface area (Å²) in [6, 6.07) is 6.00. The standard InChI is InChI=1S/C23H27N2O3P/c1-27-19-9-7-16(12-20(19)28-2)21-13-22(26)25-14-17(8-10-23(25)29-21)15-5-3-4-6-18(24)11-15/h5,7-10,12-14,18,23,29H,3-4,6,11,24H2,1-2H3/t18-,23?/m0/s1. The molecule has 2 heterocycles. The fraction of sp³-hybridized carbons (Fsp3) is 0.348. The van der Waals surface area contributed by atoms with Gasteiger partial charge in [0, 0.05) is 18.3 Å². The first-order chi connectivity index (χ1) is 14.1. The Bertz CT molecular complexity index is 932. The van der Waals surface area contributed by atoms with Crippen molar-refractivity contribution >= 4 is 19.8 Å². The summed E-state index contributed by atoms with van der Waals surface area (Å²) in [6.07, 6.45) is 14.5. The lowest BCUT2D eigenvalue weighted by atomic mass is 9.98. The van der Waals surface area contributed by atoms with Crippen LogP contribution in [0.2, 0.25) is 0 Å². The Morgan fingerprint density at radius 1 is 1.21 bits per heavy atom. The van der Waals surface area contributed by atoms with Crippen molar-refractivity contribution < 1.29 is 14.3 Å². The van der Waals surface area contributed by atoms with Crippen molar-refractivity contribution in [1.82, 2.24) is 4.90 Å². The highest BCUT2D eigenvalue weighted by atomic mass is 31.1. The van der Waals surface area contributed by atoms with Gasteiger partial charge in [0.2, 0.25) is 0 Å². The number of fused-ring (bicyclic) bond motifs is 1. The summed E-state index contributed by atoms with van der Waals surface area (Å²) < 4.78 is 10.7. The number of hydrogen-bond donors (Lipinski definition) is 1. The lowest BCUT2D eigenvalue weighted by molar-refractivity contribution is -0.123. The third-order valence-corrected chi connectivity index (χ3v) is 7.09. The average molecular weight is 410 g/mol. The monoisotopic (exact) mass is 410 g/mol. The molecule has 5 nitrogen and oxygen atoms in total. The molecular weight excluding hydrogens is 383 g/mol. The number of carbonyl (C=O) groups is 1. The van der Waals surface area contributed by atoms with Crippen molar-refractivity contribution in [2.24, 2.45) is 5.73 Å². The maximum atomic E-state index is 12.9. The molecule has 1 aromatic carbocycles. The molecule has 0 saturated carbocycles. The maximum absolute atomic E-state index is 12.9. The van der Waals surface area contributed by atoms with E-state index in [4.69, 9.17) is 15.2 Å². The van der Waals surface area contributed by atoms with Crippen molar-refractivity contribution in [3.8, 4) is 11.5 Å². The Kier molecular flexibility index (Phi) is 5.89. The predicted molar refractivity (Wildman–Crippen MR) is 118 cm³/mol. The van der Waals surface area contributed by atoms with Gasteiger partial charge in [0.15, 0.2) is 11.5 Å². The lowest BCUT2D eigenvalue weighted by Gasteiger charge is -2.34. The van der Waals surface area contributed by atoms with Gasteiger partial charge in [-0.3, -0.25) is 4.79 Å². The van der Waals surface area contributed by atoms with Gasteiger partial charge in [0.25, 0.3) is 5.91 Å². The van der Waals surface area contributed by atoms with E-state index in [-0.39, 0.29) is 17.7 Å². The van der Waals surface area contributed by atoms with Crippen molar-refractivity contribution in [3.05, 3.63) is 65.4 Å². The number of carbonyl (C=O) groups excluding carboxylic acids is 1. The van der Waals surface area contributed by atoms with Crippen LogP contribution in [-0.2, 0) is 4.79 Å². The number of nitrogens with zero attached hydrogens (tertiary/aromatic N) is 1. The fourth-order valence-electron chi connectivity index (χ4n) is 4.00. The second-order valence-corrected chi connectivity index (χ2v) is 8.95. The summed E-state index contributed by atoms with van der Waals surface area (Å²) in [5.41, 5.74) is 9.58. The van der Waals surface area contributed by atoms with E-state index in [1.54, 1.807) is 20.3 Å². The van der Waals surface area contributed by atoms with E-state index in [1.807, 2.05) is 29.3 Å². The minimum atomic E-state index is 0.0129. The first kappa shape index (κ1) is 19.9. The molecule has 0 saturated heterocycles. The number of nitrogens with two attached hydrogens (primary N) is 1. The maximum Gasteiger partial charge on any atom is 0.252 e. The summed E-state index contributed by atoms with van der Waals surface area (Å²) in [7, 11) is 3.71. The zero-order valence-electron chi connectivity index (χ0n) is 16.9. The molecule has 0 radical (unpaired) electrons. The summed E-state index contributed by atoms with van der Waals surface area (Å²) >= 11 is 0. The van der Waals surface area contributed by atoms with Gasteiger partial charge in [-0.25, -0.2) is 0 Å². The number of ether oxygens (including phenoxy) is 2. The molecule has 0 fully saturated rings. The second kappa shape index (κ2) is 8.56. The molecule has 2 unspecified atom stereocenters. The first-order valence-electron chi connectivity index (χ1n) is 9.97. The molecule has 29 heavy (non-hydrogen) atoms. The number of hydrogen-bond acceptors (Lipinski definition) is 4. The Morgan fingerprint density at radius 2 is 2.03 bits per heavy atom. The number of benzene rings is 1. The van der Waals surface area contributed by atoms with E-state index in [0.29, 0.717) is 20.1 Å². The van der Waals surface area contributed by atoms with Crippen LogP contribution >= 0.6 is 8.58 Å². The summed E-state index contributed by atoms with van der Waals surface area (Å²) in [5.74, 6) is 1.42. The molecule has 3 aliphatic rings. The molecule has 2 aliphatic heterocycles. The van der Waals surface area contributed by atoms with Gasteiger partial charge < -0.3 is 20.1 Å². The highest BCUT2D eigenvalue weighted by molar-refractivity contribution is 7.51. The fourth-order valence-corrected chi connectivity index (χ4v) is 5.38. The minimum Gasteiger partial charge on any atom is -0.493 e. The number of allylic oxidation sites excluding steroid dienone is 3. The number of methoxy groups -OCH3 is 2. The molecule has 0 aromatic heterocycles. The number of rotatable bonds is 4. The molecular formula is C23H27N2O3P. The SMILES string of the molecule is COc1ccc(C2=CC(=O)N3C=C(C4=CCCC[C@H](N)C4)C=CC3P2)cc1OC. The molecule has 0 spiro atoms. The van der Waals surface area contributed by atoms with Crippen LogP contribution in [-0.4, -0.2) is 36.9 Å². The lowest BCUT2D eigenvalue weighted by Crippen LogP contribution is -2.35. The van der Waals surface area contributed by atoms with E-state index in [1.165, 1.54) is 5.57 Å². The largest absolute Gasteiger partial charge is 0.493 e. The first-order valence-corrected chi connectivity index (χ1v) is 11.0. The van der Waals surface area contributed by atoms with Crippen LogP contribution in [0.15, 0.2) is 59.8 Å². The molecule has 1 amide bonds. The van der Waals surface area contributed by atoms with E-state index in [9.17, 15) is 4.79 Å². The van der Waals surface area contributed by atoms with Crippen LogP contribution in [0.3, 0.4) is 0 Å². The highest BCUT2D eigenvalue weighted by Gasteiger charge is 2.29. The van der Waals surface area contributed by atoms with Crippen LogP contribution in [0.5, 0.6) is 11.5 Å². The Labute approximate surface area is 173 Å². The van der Waals surface area contributed by atoms with Gasteiger partial charge in [-0.1, -0.05) is 32.9 Å². The predicted octanol–water partition coefficient (Wildman–Crippen LogP) is 4.17.